The van der Waals surface area contributed by atoms with E-state index in [1.165, 1.54) is 6.07 Å². The van der Waals surface area contributed by atoms with Crippen molar-refractivity contribution in [3.63, 3.8) is 0 Å². The van der Waals surface area contributed by atoms with Crippen LogP contribution in [0.4, 0.5) is 0 Å². The molecule has 0 aliphatic carbocycles. The molecule has 0 heterocycles. The van der Waals surface area contributed by atoms with Crippen molar-refractivity contribution in [3.05, 3.63) is 28.8 Å². The molecule has 0 saturated carbocycles. The first kappa shape index (κ1) is 12.3. The first-order valence-electron chi connectivity index (χ1n) is 4.74. The first-order chi connectivity index (χ1) is 7.65. The third-order valence-corrected chi connectivity index (χ3v) is 2.20. The van der Waals surface area contributed by atoms with Crippen molar-refractivity contribution in [1.29, 1.82) is 5.26 Å². The predicted molar refractivity (Wildman–Crippen MR) is 60.3 cm³/mol. The van der Waals surface area contributed by atoms with E-state index in [2.05, 4.69) is 0 Å². The van der Waals surface area contributed by atoms with Crippen molar-refractivity contribution in [2.45, 2.75) is 12.8 Å². The Balaban J connectivity index is 2.62. The van der Waals surface area contributed by atoms with E-state index in [4.69, 9.17) is 27.3 Å². The number of carbonyl (C=O) groups excluding carboxylic acids is 1. The average molecular weight is 239 g/mol. The summed E-state index contributed by atoms with van der Waals surface area (Å²) in [5.74, 6) is -0.0393. The summed E-state index contributed by atoms with van der Waals surface area (Å²) in [6, 6.07) is 6.62. The van der Waals surface area contributed by atoms with Crippen molar-refractivity contribution >= 4 is 17.5 Å². The number of nitrogens with zero attached hydrogens (tertiary/aromatic N) is 1. The molecule has 1 rings (SSSR count). The topological polar surface area (TPSA) is 76.1 Å². The van der Waals surface area contributed by atoms with Crippen LogP contribution in [-0.2, 0) is 0 Å². The molecule has 0 bridgehead atoms. The summed E-state index contributed by atoms with van der Waals surface area (Å²) in [4.78, 5) is 10.9. The van der Waals surface area contributed by atoms with Crippen LogP contribution in [0.15, 0.2) is 18.2 Å². The molecule has 2 N–H and O–H groups in total. The Kier molecular flexibility index (Phi) is 4.62. The zero-order valence-electron chi connectivity index (χ0n) is 8.57. The van der Waals surface area contributed by atoms with Crippen LogP contribution in [0.1, 0.15) is 23.2 Å². The van der Waals surface area contributed by atoms with Crippen molar-refractivity contribution in [1.82, 2.24) is 0 Å². The predicted octanol–water partition coefficient (Wildman–Crippen LogP) is 2.12. The van der Waals surface area contributed by atoms with Crippen molar-refractivity contribution in [2.75, 3.05) is 6.61 Å². The minimum Gasteiger partial charge on any atom is -0.492 e. The molecule has 0 spiro atoms. The maximum Gasteiger partial charge on any atom is 0.248 e. The summed E-state index contributed by atoms with van der Waals surface area (Å²) < 4.78 is 5.34. The Labute approximate surface area is 98.6 Å². The van der Waals surface area contributed by atoms with Gasteiger partial charge in [0.05, 0.1) is 17.7 Å². The molecule has 16 heavy (non-hydrogen) atoms. The largest absolute Gasteiger partial charge is 0.492 e. The molecule has 4 nitrogen and oxygen atoms in total. The number of amides is 1. The van der Waals surface area contributed by atoms with Gasteiger partial charge in [-0.05, 0) is 24.6 Å². The SMILES string of the molecule is N#CCCCOc1ccc(C(N)=O)cc1Cl. The zero-order valence-corrected chi connectivity index (χ0v) is 9.33. The lowest BCUT2D eigenvalue weighted by Gasteiger charge is -2.07. The van der Waals surface area contributed by atoms with E-state index < -0.39 is 5.91 Å². The highest BCUT2D eigenvalue weighted by Crippen LogP contribution is 2.25. The lowest BCUT2D eigenvalue weighted by Crippen LogP contribution is -2.10. The highest BCUT2D eigenvalue weighted by Gasteiger charge is 2.06. The Bertz CT molecular complexity index is 426. The van der Waals surface area contributed by atoms with Crippen LogP contribution in [-0.4, -0.2) is 12.5 Å². The number of hydrogen-bond donors (Lipinski definition) is 1. The van der Waals surface area contributed by atoms with Crippen molar-refractivity contribution in [3.8, 4) is 11.8 Å². The van der Waals surface area contributed by atoms with Crippen LogP contribution in [0.3, 0.4) is 0 Å². The van der Waals surface area contributed by atoms with E-state index in [1.54, 1.807) is 12.1 Å². The van der Waals surface area contributed by atoms with Crippen molar-refractivity contribution in [2.24, 2.45) is 5.73 Å². The van der Waals surface area contributed by atoms with Gasteiger partial charge < -0.3 is 10.5 Å². The Morgan fingerprint density at radius 3 is 2.88 bits per heavy atom. The van der Waals surface area contributed by atoms with Gasteiger partial charge in [-0.1, -0.05) is 11.6 Å². The molecule has 0 radical (unpaired) electrons. The molecule has 0 aliphatic heterocycles. The minimum atomic E-state index is -0.530. The summed E-state index contributed by atoms with van der Waals surface area (Å²) in [6.07, 6.45) is 1.08. The molecule has 84 valence electrons. The van der Waals surface area contributed by atoms with Gasteiger partial charge in [-0.2, -0.15) is 5.26 Å². The summed E-state index contributed by atoms with van der Waals surface area (Å²) >= 11 is 5.89. The molecule has 1 aromatic carbocycles. The number of primary amides is 1. The van der Waals surface area contributed by atoms with Crippen LogP contribution in [0.2, 0.25) is 5.02 Å². The van der Waals surface area contributed by atoms with E-state index in [0.717, 1.165) is 0 Å². The molecule has 1 amide bonds. The highest BCUT2D eigenvalue weighted by molar-refractivity contribution is 6.32. The van der Waals surface area contributed by atoms with Gasteiger partial charge in [0.2, 0.25) is 5.91 Å². The lowest BCUT2D eigenvalue weighted by atomic mass is 10.2. The first-order valence-corrected chi connectivity index (χ1v) is 5.12. The Morgan fingerprint density at radius 1 is 1.56 bits per heavy atom. The van der Waals surface area contributed by atoms with E-state index in [1.807, 2.05) is 6.07 Å². The number of carbonyl (C=O) groups is 1. The molecule has 1 aromatic rings. The summed E-state index contributed by atoms with van der Waals surface area (Å²) in [6.45, 7) is 0.420. The third-order valence-electron chi connectivity index (χ3n) is 1.91. The van der Waals surface area contributed by atoms with Gasteiger partial charge >= 0.3 is 0 Å². The van der Waals surface area contributed by atoms with Gasteiger partial charge in [-0.25, -0.2) is 0 Å². The van der Waals surface area contributed by atoms with Gasteiger partial charge in [0.25, 0.3) is 0 Å². The van der Waals surface area contributed by atoms with E-state index >= 15 is 0 Å². The van der Waals surface area contributed by atoms with Crippen LogP contribution < -0.4 is 10.5 Å². The minimum absolute atomic E-state index is 0.341. The molecular formula is C11H11ClN2O2. The maximum absolute atomic E-state index is 10.9. The summed E-state index contributed by atoms with van der Waals surface area (Å²) in [7, 11) is 0. The van der Waals surface area contributed by atoms with Gasteiger partial charge in [0, 0.05) is 12.0 Å². The fraction of sp³-hybridized carbons (Fsp3) is 0.273. The molecule has 0 aromatic heterocycles. The molecule has 5 heteroatoms. The highest BCUT2D eigenvalue weighted by atomic mass is 35.5. The number of benzene rings is 1. The maximum atomic E-state index is 10.9. The Morgan fingerprint density at radius 2 is 2.31 bits per heavy atom. The smallest absolute Gasteiger partial charge is 0.248 e. The second-order valence-corrected chi connectivity index (χ2v) is 3.53. The molecule has 0 aliphatic rings. The molecule has 0 saturated heterocycles. The monoisotopic (exact) mass is 238 g/mol. The van der Waals surface area contributed by atoms with Crippen LogP contribution in [0, 0.1) is 11.3 Å². The number of hydrogen-bond acceptors (Lipinski definition) is 3. The Hall–Kier alpha value is -1.73. The fourth-order valence-electron chi connectivity index (χ4n) is 1.10. The fourth-order valence-corrected chi connectivity index (χ4v) is 1.34. The number of unbranched alkanes of at least 4 members (excludes halogenated alkanes) is 1. The molecule has 0 fully saturated rings. The second kappa shape index (κ2) is 5.99. The third kappa shape index (κ3) is 3.44. The normalized spacial score (nSPS) is 9.50. The number of halogens is 1. The quantitative estimate of drug-likeness (QED) is 0.799. The van der Waals surface area contributed by atoms with Crippen molar-refractivity contribution < 1.29 is 9.53 Å². The van der Waals surface area contributed by atoms with E-state index in [-0.39, 0.29) is 0 Å². The zero-order chi connectivity index (χ0) is 12.0. The number of nitrogens with two attached hydrogens (primary N) is 1. The van der Waals surface area contributed by atoms with E-state index in [0.29, 0.717) is 35.8 Å². The number of rotatable bonds is 5. The molecule has 0 unspecified atom stereocenters. The average Bonchev–Trinajstić information content (AvgIpc) is 2.26. The van der Waals surface area contributed by atoms with Gasteiger partial charge in [0.15, 0.2) is 0 Å². The van der Waals surface area contributed by atoms with Crippen LogP contribution >= 0.6 is 11.6 Å². The standard InChI is InChI=1S/C11H11ClN2O2/c12-9-7-8(11(14)15)3-4-10(9)16-6-2-1-5-13/h3-4,7H,1-2,6H2,(H2,14,15). The van der Waals surface area contributed by atoms with Gasteiger partial charge in [-0.15, -0.1) is 0 Å². The lowest BCUT2D eigenvalue weighted by molar-refractivity contribution is 0.100. The molecular weight excluding hydrogens is 228 g/mol. The summed E-state index contributed by atoms with van der Waals surface area (Å²) in [5.41, 5.74) is 5.44. The number of ether oxygens (including phenoxy) is 1. The molecule has 0 atom stereocenters. The second-order valence-electron chi connectivity index (χ2n) is 3.12. The van der Waals surface area contributed by atoms with Crippen LogP contribution in [0.25, 0.3) is 0 Å². The number of nitriles is 1. The van der Waals surface area contributed by atoms with Gasteiger partial charge in [0.1, 0.15) is 5.75 Å². The van der Waals surface area contributed by atoms with E-state index in [9.17, 15) is 4.79 Å². The summed E-state index contributed by atoms with van der Waals surface area (Å²) in [5, 5.41) is 8.67. The van der Waals surface area contributed by atoms with Crippen LogP contribution in [0.5, 0.6) is 5.75 Å². The van der Waals surface area contributed by atoms with Gasteiger partial charge in [-0.3, -0.25) is 4.79 Å².